The summed E-state index contributed by atoms with van der Waals surface area (Å²) in [6.45, 7) is 4.08. The second-order valence-electron chi connectivity index (χ2n) is 4.56. The molecule has 106 valence electrons. The zero-order chi connectivity index (χ0) is 14.5. The Morgan fingerprint density at radius 2 is 2.25 bits per heavy atom. The van der Waals surface area contributed by atoms with Crippen molar-refractivity contribution >= 4 is 5.91 Å². The molecule has 0 fully saturated rings. The van der Waals surface area contributed by atoms with Crippen LogP contribution in [0.3, 0.4) is 0 Å². The first-order valence-corrected chi connectivity index (χ1v) is 6.56. The first kappa shape index (κ1) is 14.3. The minimum absolute atomic E-state index is 0.0745. The predicted octanol–water partition coefficient (Wildman–Crippen LogP) is 1.97. The molecule has 0 aliphatic heterocycles. The van der Waals surface area contributed by atoms with E-state index in [1.165, 1.54) is 0 Å². The molecule has 0 aliphatic rings. The summed E-state index contributed by atoms with van der Waals surface area (Å²) in [6.07, 6.45) is 2.35. The summed E-state index contributed by atoms with van der Waals surface area (Å²) < 4.78 is 5.42. The Kier molecular flexibility index (Phi) is 4.53. The van der Waals surface area contributed by atoms with Crippen molar-refractivity contribution in [3.8, 4) is 0 Å². The fourth-order valence-corrected chi connectivity index (χ4v) is 1.85. The molecule has 1 amide bonds. The number of amides is 1. The fourth-order valence-electron chi connectivity index (χ4n) is 1.85. The number of benzene rings is 1. The van der Waals surface area contributed by atoms with E-state index in [9.17, 15) is 9.90 Å². The first-order chi connectivity index (χ1) is 9.63. The summed E-state index contributed by atoms with van der Waals surface area (Å²) in [7, 11) is 0. The second kappa shape index (κ2) is 6.34. The number of aromatic nitrogens is 1. The number of nitrogens with zero attached hydrogens (tertiary/aromatic N) is 1. The average molecular weight is 274 g/mol. The predicted molar refractivity (Wildman–Crippen MR) is 74.2 cm³/mol. The molecule has 0 bridgehead atoms. The Hall–Kier alpha value is -2.14. The maximum absolute atomic E-state index is 12.0. The van der Waals surface area contributed by atoms with Crippen molar-refractivity contribution in [2.75, 3.05) is 0 Å². The molecule has 5 nitrogen and oxygen atoms in total. The van der Waals surface area contributed by atoms with E-state index in [-0.39, 0.29) is 12.5 Å². The van der Waals surface area contributed by atoms with Crippen LogP contribution in [-0.4, -0.2) is 16.0 Å². The molecular weight excluding hydrogens is 256 g/mol. The number of hydrogen-bond acceptors (Lipinski definition) is 4. The lowest BCUT2D eigenvalue weighted by atomic mass is 10.1. The summed E-state index contributed by atoms with van der Waals surface area (Å²) in [5.74, 6) is 1.09. The van der Waals surface area contributed by atoms with E-state index in [2.05, 4.69) is 10.3 Å². The number of carbonyl (C=O) groups excluding carboxylic acids is 1. The van der Waals surface area contributed by atoms with Crippen LogP contribution in [0.15, 0.2) is 28.8 Å². The molecule has 0 saturated carbocycles. The number of aryl methyl sites for hydroxylation is 2. The van der Waals surface area contributed by atoms with E-state index < -0.39 is 0 Å². The Balaban J connectivity index is 2.01. The highest BCUT2D eigenvalue weighted by Gasteiger charge is 2.09. The van der Waals surface area contributed by atoms with Crippen LogP contribution in [0.1, 0.15) is 40.1 Å². The molecule has 0 radical (unpaired) electrons. The van der Waals surface area contributed by atoms with Crippen molar-refractivity contribution in [1.29, 1.82) is 0 Å². The fraction of sp³-hybridized carbons (Fsp3) is 0.333. The lowest BCUT2D eigenvalue weighted by Gasteiger charge is -2.07. The summed E-state index contributed by atoms with van der Waals surface area (Å²) in [5.41, 5.74) is 2.24. The Morgan fingerprint density at radius 3 is 2.90 bits per heavy atom. The molecule has 2 N–H and O–H groups in total. The van der Waals surface area contributed by atoms with Crippen molar-refractivity contribution in [3.63, 3.8) is 0 Å². The number of carbonyl (C=O) groups is 1. The Labute approximate surface area is 117 Å². The molecule has 1 aromatic carbocycles. The first-order valence-electron chi connectivity index (χ1n) is 6.56. The largest absolute Gasteiger partial charge is 0.444 e. The van der Waals surface area contributed by atoms with Gasteiger partial charge >= 0.3 is 0 Å². The van der Waals surface area contributed by atoms with Gasteiger partial charge in [0.2, 0.25) is 0 Å². The molecule has 0 spiro atoms. The van der Waals surface area contributed by atoms with Gasteiger partial charge < -0.3 is 14.8 Å². The summed E-state index contributed by atoms with van der Waals surface area (Å²) >= 11 is 0. The number of nitrogens with one attached hydrogen (secondary N) is 1. The number of rotatable bonds is 5. The molecule has 0 saturated heterocycles. The number of oxazole rings is 1. The topological polar surface area (TPSA) is 75.4 Å². The third-order valence-corrected chi connectivity index (χ3v) is 3.11. The van der Waals surface area contributed by atoms with E-state index in [0.29, 0.717) is 23.8 Å². The standard InChI is InChI=1S/C15H18N2O3/c1-3-14-16-7-13(20-14)8-17-15(19)11-5-4-10(2)12(6-11)9-18/h4-7,18H,3,8-9H2,1-2H3,(H,17,19). The number of aliphatic hydroxyl groups is 1. The summed E-state index contributed by atoms with van der Waals surface area (Å²) in [4.78, 5) is 16.1. The molecule has 1 aromatic heterocycles. The van der Waals surface area contributed by atoms with Gasteiger partial charge in [0.1, 0.15) is 5.76 Å². The molecule has 2 aromatic rings. The van der Waals surface area contributed by atoms with Crippen LogP contribution in [0.25, 0.3) is 0 Å². The van der Waals surface area contributed by atoms with Gasteiger partial charge in [-0.05, 0) is 30.2 Å². The van der Waals surface area contributed by atoms with Gasteiger partial charge in [0.25, 0.3) is 5.91 Å². The van der Waals surface area contributed by atoms with Gasteiger partial charge in [-0.3, -0.25) is 4.79 Å². The van der Waals surface area contributed by atoms with Gasteiger partial charge in [0.05, 0.1) is 19.3 Å². The van der Waals surface area contributed by atoms with Gasteiger partial charge in [-0.25, -0.2) is 4.98 Å². The van der Waals surface area contributed by atoms with Crippen LogP contribution in [0, 0.1) is 6.92 Å². The highest BCUT2D eigenvalue weighted by molar-refractivity contribution is 5.94. The van der Waals surface area contributed by atoms with E-state index in [1.54, 1.807) is 18.3 Å². The quantitative estimate of drug-likeness (QED) is 0.874. The molecule has 0 unspecified atom stereocenters. The summed E-state index contributed by atoms with van der Waals surface area (Å²) in [5, 5.41) is 12.0. The van der Waals surface area contributed by atoms with Crippen LogP contribution in [-0.2, 0) is 19.6 Å². The lowest BCUT2D eigenvalue weighted by molar-refractivity contribution is 0.0947. The highest BCUT2D eigenvalue weighted by Crippen LogP contribution is 2.11. The van der Waals surface area contributed by atoms with Crippen molar-refractivity contribution < 1.29 is 14.3 Å². The third-order valence-electron chi connectivity index (χ3n) is 3.11. The molecule has 1 heterocycles. The van der Waals surface area contributed by atoms with Crippen molar-refractivity contribution in [2.45, 2.75) is 33.4 Å². The lowest BCUT2D eigenvalue weighted by Crippen LogP contribution is -2.22. The van der Waals surface area contributed by atoms with E-state index in [0.717, 1.165) is 17.5 Å². The molecular formula is C15H18N2O3. The maximum atomic E-state index is 12.0. The normalized spacial score (nSPS) is 10.6. The Bertz CT molecular complexity index is 605. The number of aliphatic hydroxyl groups excluding tert-OH is 1. The highest BCUT2D eigenvalue weighted by atomic mass is 16.4. The zero-order valence-electron chi connectivity index (χ0n) is 11.6. The van der Waals surface area contributed by atoms with Crippen LogP contribution in [0.5, 0.6) is 0 Å². The molecule has 20 heavy (non-hydrogen) atoms. The molecule has 2 rings (SSSR count). The minimum atomic E-state index is -0.200. The maximum Gasteiger partial charge on any atom is 0.251 e. The van der Waals surface area contributed by atoms with E-state index in [1.807, 2.05) is 19.9 Å². The Morgan fingerprint density at radius 1 is 1.45 bits per heavy atom. The van der Waals surface area contributed by atoms with Gasteiger partial charge in [0.15, 0.2) is 5.89 Å². The van der Waals surface area contributed by atoms with E-state index in [4.69, 9.17) is 4.42 Å². The van der Waals surface area contributed by atoms with Gasteiger partial charge in [-0.1, -0.05) is 13.0 Å². The van der Waals surface area contributed by atoms with Gasteiger partial charge in [-0.15, -0.1) is 0 Å². The molecule has 0 aliphatic carbocycles. The van der Waals surface area contributed by atoms with E-state index >= 15 is 0 Å². The van der Waals surface area contributed by atoms with Crippen LogP contribution in [0.2, 0.25) is 0 Å². The van der Waals surface area contributed by atoms with Crippen LogP contribution >= 0.6 is 0 Å². The van der Waals surface area contributed by atoms with Crippen molar-refractivity contribution in [2.24, 2.45) is 0 Å². The SMILES string of the molecule is CCc1ncc(CNC(=O)c2ccc(C)c(CO)c2)o1. The average Bonchev–Trinajstić information content (AvgIpc) is 2.93. The zero-order valence-corrected chi connectivity index (χ0v) is 11.6. The monoisotopic (exact) mass is 274 g/mol. The smallest absolute Gasteiger partial charge is 0.251 e. The minimum Gasteiger partial charge on any atom is -0.444 e. The van der Waals surface area contributed by atoms with Crippen LogP contribution < -0.4 is 5.32 Å². The summed E-state index contributed by atoms with van der Waals surface area (Å²) in [6, 6.07) is 5.26. The molecule has 0 atom stereocenters. The van der Waals surface area contributed by atoms with Gasteiger partial charge in [-0.2, -0.15) is 0 Å². The van der Waals surface area contributed by atoms with Gasteiger partial charge in [0, 0.05) is 12.0 Å². The van der Waals surface area contributed by atoms with Crippen molar-refractivity contribution in [1.82, 2.24) is 10.3 Å². The second-order valence-corrected chi connectivity index (χ2v) is 4.56. The van der Waals surface area contributed by atoms with Crippen molar-refractivity contribution in [3.05, 3.63) is 52.7 Å². The third kappa shape index (κ3) is 3.24. The molecule has 5 heteroatoms. The number of hydrogen-bond donors (Lipinski definition) is 2. The van der Waals surface area contributed by atoms with Crippen LogP contribution in [0.4, 0.5) is 0 Å².